The summed E-state index contributed by atoms with van der Waals surface area (Å²) in [6.45, 7) is 0.0315. The lowest BCUT2D eigenvalue weighted by atomic mass is 10.0. The fraction of sp³-hybridized carbons (Fsp3) is 0.0789. The Morgan fingerprint density at radius 2 is 1.26 bits per heavy atom. The Morgan fingerprint density at radius 1 is 0.619 bits per heavy atom. The van der Waals surface area contributed by atoms with E-state index in [0.717, 1.165) is 74.5 Å². The smallest absolute Gasteiger partial charge is 0.150 e. The highest BCUT2D eigenvalue weighted by Crippen LogP contribution is 2.33. The number of hydrogen-bond donors (Lipinski definition) is 1. The third-order valence-corrected chi connectivity index (χ3v) is 8.56. The first-order valence-corrected chi connectivity index (χ1v) is 14.4. The third kappa shape index (κ3) is 3.76. The van der Waals surface area contributed by atoms with Crippen LogP contribution in [0.5, 0.6) is 0 Å². The monoisotopic (exact) mass is 544 g/mol. The summed E-state index contributed by atoms with van der Waals surface area (Å²) in [7, 11) is 0. The zero-order valence-corrected chi connectivity index (χ0v) is 23.0. The van der Waals surface area contributed by atoms with Gasteiger partial charge in [-0.25, -0.2) is 0 Å². The predicted octanol–water partition coefficient (Wildman–Crippen LogP) is 7.05. The molecule has 0 aliphatic heterocycles. The molecule has 1 aliphatic rings. The first-order valence-electron chi connectivity index (χ1n) is 14.4. The highest BCUT2D eigenvalue weighted by molar-refractivity contribution is 6.09. The lowest BCUT2D eigenvalue weighted by Crippen LogP contribution is -2.30. The zero-order chi connectivity index (χ0) is 28.2. The Labute approximate surface area is 242 Å². The second-order valence-electron chi connectivity index (χ2n) is 11.0. The van der Waals surface area contributed by atoms with Crippen molar-refractivity contribution >= 4 is 51.1 Å². The van der Waals surface area contributed by atoms with Gasteiger partial charge in [-0.3, -0.25) is 4.79 Å². The largest absolute Gasteiger partial charge is 0.392 e. The van der Waals surface area contributed by atoms with Gasteiger partial charge in [-0.2, -0.15) is 0 Å². The van der Waals surface area contributed by atoms with Crippen LogP contribution in [0.15, 0.2) is 109 Å². The fourth-order valence-corrected chi connectivity index (χ4v) is 6.57. The lowest BCUT2D eigenvalue weighted by molar-refractivity contribution is 0.112. The van der Waals surface area contributed by atoms with Gasteiger partial charge < -0.3 is 14.2 Å². The minimum absolute atomic E-state index is 0.0315. The van der Waals surface area contributed by atoms with E-state index in [0.29, 0.717) is 5.56 Å². The van der Waals surface area contributed by atoms with Gasteiger partial charge in [0.15, 0.2) is 0 Å². The number of aliphatic hydroxyl groups excluding tert-OH is 1. The van der Waals surface area contributed by atoms with Gasteiger partial charge in [0.2, 0.25) is 0 Å². The van der Waals surface area contributed by atoms with E-state index in [-0.39, 0.29) is 6.61 Å². The molecule has 0 saturated heterocycles. The Hall–Kier alpha value is -5.19. The molecule has 0 radical (unpaired) electrons. The summed E-state index contributed by atoms with van der Waals surface area (Å²) in [6, 6.07) is 38.1. The summed E-state index contributed by atoms with van der Waals surface area (Å²) in [5.41, 5.74) is 9.54. The molecule has 0 fully saturated rings. The maximum Gasteiger partial charge on any atom is 0.150 e. The van der Waals surface area contributed by atoms with Crippen LogP contribution in [0.3, 0.4) is 0 Å². The van der Waals surface area contributed by atoms with E-state index >= 15 is 0 Å². The van der Waals surface area contributed by atoms with Crippen molar-refractivity contribution in [2.45, 2.75) is 19.4 Å². The standard InChI is InChI=1S/C38H28N2O2/c41-23-25-9-19-37-33(21-25)31-5-1-3-7-35(31)39(37)29-15-11-27(12-16-29)28-13-17-30(18-14-28)40-36-8-4-2-6-32(36)34-22-26(24-42)10-20-38(34)40/h1,3,5-22,24,41H,2,4,23H2. The van der Waals surface area contributed by atoms with Gasteiger partial charge in [0, 0.05) is 43.7 Å². The van der Waals surface area contributed by atoms with Crippen LogP contribution < -0.4 is 10.6 Å². The SMILES string of the molecule is O=Cc1ccc2c(c1)c1c(n2-c2ccc(-c3ccc(-n4c5ccccc5c5cc(CO)ccc54)cc3)cc2)=CCCC=1. The number of carbonyl (C=O) groups excluding carboxylic acids is 1. The number of hydrogen-bond acceptors (Lipinski definition) is 2. The second kappa shape index (κ2) is 9.72. The predicted molar refractivity (Wildman–Crippen MR) is 172 cm³/mol. The van der Waals surface area contributed by atoms with Crippen LogP contribution in [0.1, 0.15) is 28.8 Å². The number of carbonyl (C=O) groups is 1. The molecule has 0 saturated carbocycles. The number of aliphatic hydroxyl groups is 1. The first kappa shape index (κ1) is 24.6. The maximum absolute atomic E-state index is 11.5. The van der Waals surface area contributed by atoms with E-state index in [4.69, 9.17) is 0 Å². The Balaban J connectivity index is 1.18. The van der Waals surface area contributed by atoms with Crippen molar-refractivity contribution in [1.29, 1.82) is 0 Å². The maximum atomic E-state index is 11.5. The summed E-state index contributed by atoms with van der Waals surface area (Å²) in [5, 5.41) is 15.6. The van der Waals surface area contributed by atoms with Crippen LogP contribution in [0.25, 0.3) is 67.4 Å². The molecule has 1 N–H and O–H groups in total. The van der Waals surface area contributed by atoms with E-state index in [1.807, 2.05) is 18.2 Å². The molecular formula is C38H28N2O2. The van der Waals surface area contributed by atoms with Gasteiger partial charge in [0.1, 0.15) is 6.29 Å². The zero-order valence-electron chi connectivity index (χ0n) is 23.0. The topological polar surface area (TPSA) is 47.2 Å². The molecule has 1 aliphatic carbocycles. The Kier molecular flexibility index (Phi) is 5.69. The van der Waals surface area contributed by atoms with Crippen molar-refractivity contribution in [3.8, 4) is 22.5 Å². The molecule has 0 spiro atoms. The number of rotatable bonds is 5. The van der Waals surface area contributed by atoms with Crippen molar-refractivity contribution in [2.75, 3.05) is 0 Å². The van der Waals surface area contributed by atoms with Crippen LogP contribution in [0.2, 0.25) is 0 Å². The molecule has 2 heterocycles. The normalized spacial score (nSPS) is 12.8. The van der Waals surface area contributed by atoms with E-state index in [1.165, 1.54) is 16.0 Å². The molecule has 4 heteroatoms. The lowest BCUT2D eigenvalue weighted by Gasteiger charge is -2.11. The second-order valence-corrected chi connectivity index (χ2v) is 11.0. The number of para-hydroxylation sites is 1. The molecule has 7 aromatic rings. The van der Waals surface area contributed by atoms with Gasteiger partial charge in [0.25, 0.3) is 0 Å². The van der Waals surface area contributed by atoms with Crippen molar-refractivity contribution in [2.24, 2.45) is 0 Å². The summed E-state index contributed by atoms with van der Waals surface area (Å²) >= 11 is 0. The molecule has 5 aromatic carbocycles. The van der Waals surface area contributed by atoms with Crippen LogP contribution in [0, 0.1) is 0 Å². The molecule has 8 rings (SSSR count). The molecule has 42 heavy (non-hydrogen) atoms. The van der Waals surface area contributed by atoms with Crippen molar-refractivity contribution in [3.63, 3.8) is 0 Å². The van der Waals surface area contributed by atoms with E-state index in [2.05, 4.69) is 112 Å². The van der Waals surface area contributed by atoms with E-state index < -0.39 is 0 Å². The molecular weight excluding hydrogens is 516 g/mol. The van der Waals surface area contributed by atoms with Crippen molar-refractivity contribution < 1.29 is 9.90 Å². The third-order valence-electron chi connectivity index (χ3n) is 8.56. The molecule has 0 atom stereocenters. The van der Waals surface area contributed by atoms with Crippen LogP contribution in [-0.4, -0.2) is 20.5 Å². The highest BCUT2D eigenvalue weighted by Gasteiger charge is 2.14. The summed E-state index contributed by atoms with van der Waals surface area (Å²) < 4.78 is 4.61. The average Bonchev–Trinajstić information content (AvgIpc) is 3.57. The number of nitrogens with zero attached hydrogens (tertiary/aromatic N) is 2. The van der Waals surface area contributed by atoms with Crippen LogP contribution in [0.4, 0.5) is 0 Å². The highest BCUT2D eigenvalue weighted by atomic mass is 16.3. The minimum atomic E-state index is 0.0315. The Bertz CT molecular complexity index is 2290. The summed E-state index contributed by atoms with van der Waals surface area (Å²) in [4.78, 5) is 11.5. The average molecular weight is 545 g/mol. The van der Waals surface area contributed by atoms with Gasteiger partial charge >= 0.3 is 0 Å². The number of aromatic nitrogens is 2. The number of fused-ring (bicyclic) bond motifs is 6. The van der Waals surface area contributed by atoms with Gasteiger partial charge in [0.05, 0.1) is 23.2 Å². The minimum Gasteiger partial charge on any atom is -0.392 e. The van der Waals surface area contributed by atoms with E-state index in [9.17, 15) is 9.90 Å². The summed E-state index contributed by atoms with van der Waals surface area (Å²) in [6.07, 6.45) is 7.56. The van der Waals surface area contributed by atoms with Crippen molar-refractivity contribution in [3.05, 3.63) is 131 Å². The summed E-state index contributed by atoms with van der Waals surface area (Å²) in [5.74, 6) is 0. The molecule has 0 amide bonds. The molecule has 2 aromatic heterocycles. The van der Waals surface area contributed by atoms with Crippen LogP contribution >= 0.6 is 0 Å². The molecule has 0 bridgehead atoms. The molecule has 202 valence electrons. The van der Waals surface area contributed by atoms with Gasteiger partial charge in [-0.1, -0.05) is 60.7 Å². The first-order chi connectivity index (χ1) is 20.7. The number of aldehydes is 1. The fourth-order valence-electron chi connectivity index (χ4n) is 6.57. The van der Waals surface area contributed by atoms with Gasteiger partial charge in [-0.05, 0) is 90.2 Å². The van der Waals surface area contributed by atoms with Gasteiger partial charge in [-0.15, -0.1) is 0 Å². The van der Waals surface area contributed by atoms with Crippen LogP contribution in [-0.2, 0) is 6.61 Å². The number of benzene rings is 5. The Morgan fingerprint density at radius 3 is 2.00 bits per heavy atom. The van der Waals surface area contributed by atoms with E-state index in [1.54, 1.807) is 0 Å². The quantitative estimate of drug-likeness (QED) is 0.236. The molecule has 0 unspecified atom stereocenters. The molecule has 4 nitrogen and oxygen atoms in total. The van der Waals surface area contributed by atoms with Crippen molar-refractivity contribution in [1.82, 2.24) is 9.13 Å².